The highest BCUT2D eigenvalue weighted by molar-refractivity contribution is 5.76. The van der Waals surface area contributed by atoms with Crippen molar-refractivity contribution in [2.45, 2.75) is 431 Å². The van der Waals surface area contributed by atoms with E-state index in [2.05, 4.69) is 31.3 Å². The number of carbonyl (C=O) groups excluding carboxylic acids is 2. The summed E-state index contributed by atoms with van der Waals surface area (Å²) in [7, 11) is 0. The summed E-state index contributed by atoms with van der Waals surface area (Å²) in [6, 6.07) is -0.542. The third kappa shape index (κ3) is 65.6. The van der Waals surface area contributed by atoms with Crippen molar-refractivity contribution in [3.05, 3.63) is 12.2 Å². The lowest BCUT2D eigenvalue weighted by molar-refractivity contribution is -0.143. The predicted octanol–water partition coefficient (Wildman–Crippen LogP) is 23.5. The van der Waals surface area contributed by atoms with Crippen LogP contribution in [0.5, 0.6) is 0 Å². The van der Waals surface area contributed by atoms with E-state index < -0.39 is 12.1 Å². The van der Waals surface area contributed by atoms with Crippen molar-refractivity contribution in [3.63, 3.8) is 0 Å². The molecule has 0 spiro atoms. The number of ether oxygens (including phenoxy) is 1. The van der Waals surface area contributed by atoms with Gasteiger partial charge in [0.1, 0.15) is 0 Å². The maximum absolute atomic E-state index is 12.5. The van der Waals surface area contributed by atoms with Gasteiger partial charge in [-0.3, -0.25) is 9.59 Å². The summed E-state index contributed by atoms with van der Waals surface area (Å²) in [5.74, 6) is -0.0122. The Morgan fingerprint density at radius 1 is 0.342 bits per heavy atom. The molecule has 79 heavy (non-hydrogen) atoms. The molecule has 0 rings (SSSR count). The number of carbonyl (C=O) groups is 2. The number of amides is 1. The smallest absolute Gasteiger partial charge is 0.305 e. The molecule has 0 aliphatic carbocycles. The molecule has 0 fully saturated rings. The van der Waals surface area contributed by atoms with Gasteiger partial charge >= 0.3 is 5.97 Å². The molecule has 0 bridgehead atoms. The monoisotopic (exact) mass is 1110 g/mol. The molecule has 0 saturated heterocycles. The van der Waals surface area contributed by atoms with E-state index >= 15 is 0 Å². The largest absolute Gasteiger partial charge is 0.466 e. The molecule has 0 aromatic rings. The van der Waals surface area contributed by atoms with E-state index in [4.69, 9.17) is 4.74 Å². The molecule has 3 N–H and O–H groups in total. The number of esters is 1. The van der Waals surface area contributed by atoms with Crippen molar-refractivity contribution in [1.29, 1.82) is 0 Å². The second-order valence-electron chi connectivity index (χ2n) is 25.3. The van der Waals surface area contributed by atoms with Crippen LogP contribution in [0, 0.1) is 0 Å². The van der Waals surface area contributed by atoms with E-state index in [1.165, 1.54) is 347 Å². The van der Waals surface area contributed by atoms with E-state index in [1.807, 2.05) is 0 Å². The fraction of sp³-hybridized carbons (Fsp3) is 0.945. The van der Waals surface area contributed by atoms with Gasteiger partial charge < -0.3 is 20.3 Å². The zero-order valence-electron chi connectivity index (χ0n) is 53.9. The van der Waals surface area contributed by atoms with Crippen LogP contribution in [0.2, 0.25) is 0 Å². The van der Waals surface area contributed by atoms with Crippen LogP contribution < -0.4 is 5.32 Å². The lowest BCUT2D eigenvalue weighted by Gasteiger charge is -2.22. The van der Waals surface area contributed by atoms with Gasteiger partial charge in [-0.15, -0.1) is 0 Å². The highest BCUT2D eigenvalue weighted by Gasteiger charge is 2.20. The maximum Gasteiger partial charge on any atom is 0.305 e. The predicted molar refractivity (Wildman–Crippen MR) is 347 cm³/mol. The minimum atomic E-state index is -0.665. The number of rotatable bonds is 69. The summed E-state index contributed by atoms with van der Waals surface area (Å²) in [5, 5.41) is 23.4. The average Bonchev–Trinajstić information content (AvgIpc) is 3.45. The van der Waals surface area contributed by atoms with Gasteiger partial charge in [-0.25, -0.2) is 0 Å². The summed E-state index contributed by atoms with van der Waals surface area (Å²) in [6.45, 7) is 5.00. The first-order chi connectivity index (χ1) is 39.0. The van der Waals surface area contributed by atoms with Crippen LogP contribution in [0.25, 0.3) is 0 Å². The van der Waals surface area contributed by atoms with Gasteiger partial charge in [-0.1, -0.05) is 366 Å². The average molecular weight is 1110 g/mol. The SMILES string of the molecule is CCCCCCCCCCCCCCCCCCCCCCCC(O)C(CO)NC(=O)CCCCCCCCCCCCC/C=C\CCCCCCCCCCCCCCOC(=O)CCCCCCCCCCCCCCCC. The lowest BCUT2D eigenvalue weighted by atomic mass is 10.0. The van der Waals surface area contributed by atoms with Gasteiger partial charge in [0, 0.05) is 12.8 Å². The maximum atomic E-state index is 12.5. The molecule has 2 atom stereocenters. The van der Waals surface area contributed by atoms with Crippen molar-refractivity contribution in [2.75, 3.05) is 13.2 Å². The van der Waals surface area contributed by atoms with Gasteiger partial charge in [0.05, 0.1) is 25.4 Å². The van der Waals surface area contributed by atoms with Crippen molar-refractivity contribution in [1.82, 2.24) is 5.32 Å². The number of hydrogen-bond donors (Lipinski definition) is 3. The van der Waals surface area contributed by atoms with Gasteiger partial charge in [-0.2, -0.15) is 0 Å². The molecule has 0 aromatic carbocycles. The fourth-order valence-corrected chi connectivity index (χ4v) is 11.8. The van der Waals surface area contributed by atoms with Crippen LogP contribution in [0.1, 0.15) is 418 Å². The quantitative estimate of drug-likeness (QED) is 0.0320. The number of aliphatic hydroxyl groups is 2. The topological polar surface area (TPSA) is 95.9 Å². The van der Waals surface area contributed by atoms with E-state index in [0.29, 0.717) is 25.9 Å². The van der Waals surface area contributed by atoms with Crippen LogP contribution in [-0.4, -0.2) is 47.4 Å². The third-order valence-electron chi connectivity index (χ3n) is 17.3. The first-order valence-electron chi connectivity index (χ1n) is 36.4. The number of hydrogen-bond acceptors (Lipinski definition) is 5. The normalized spacial score (nSPS) is 12.5. The summed E-state index contributed by atoms with van der Waals surface area (Å²) >= 11 is 0. The van der Waals surface area contributed by atoms with Gasteiger partial charge in [0.25, 0.3) is 0 Å². The summed E-state index contributed by atoms with van der Waals surface area (Å²) < 4.78 is 5.49. The Morgan fingerprint density at radius 3 is 0.899 bits per heavy atom. The van der Waals surface area contributed by atoms with Crippen LogP contribution in [-0.2, 0) is 14.3 Å². The fourth-order valence-electron chi connectivity index (χ4n) is 11.8. The summed E-state index contributed by atoms with van der Waals surface area (Å²) in [6.07, 6.45) is 85.5. The Labute approximate surface area is 495 Å². The Hall–Kier alpha value is -1.40. The van der Waals surface area contributed by atoms with Crippen molar-refractivity contribution in [2.24, 2.45) is 0 Å². The van der Waals surface area contributed by atoms with Crippen molar-refractivity contribution in [3.8, 4) is 0 Å². The number of nitrogens with one attached hydrogen (secondary N) is 1. The molecular formula is C73H143NO5. The molecule has 0 saturated carbocycles. The summed E-state index contributed by atoms with van der Waals surface area (Å²) in [4.78, 5) is 24.6. The molecule has 2 unspecified atom stereocenters. The number of aliphatic hydroxyl groups excluding tert-OH is 2. The molecule has 1 amide bonds. The molecule has 0 heterocycles. The van der Waals surface area contributed by atoms with E-state index in [1.54, 1.807) is 0 Å². The molecule has 6 nitrogen and oxygen atoms in total. The third-order valence-corrected chi connectivity index (χ3v) is 17.3. The van der Waals surface area contributed by atoms with Crippen molar-refractivity contribution >= 4 is 11.9 Å². The van der Waals surface area contributed by atoms with Crippen LogP contribution >= 0.6 is 0 Å². The Kier molecular flexibility index (Phi) is 67.9. The molecule has 6 heteroatoms. The van der Waals surface area contributed by atoms with Gasteiger partial charge in [0.15, 0.2) is 0 Å². The second-order valence-corrected chi connectivity index (χ2v) is 25.3. The Balaban J connectivity index is 3.37. The summed E-state index contributed by atoms with van der Waals surface area (Å²) in [5.41, 5.74) is 0. The minimum Gasteiger partial charge on any atom is -0.466 e. The molecule has 0 radical (unpaired) electrons. The molecular weight excluding hydrogens is 971 g/mol. The number of unbranched alkanes of at least 4 members (excludes halogenated alkanes) is 56. The van der Waals surface area contributed by atoms with Crippen LogP contribution in [0.3, 0.4) is 0 Å². The van der Waals surface area contributed by atoms with Gasteiger partial charge in [-0.05, 0) is 51.4 Å². The zero-order valence-corrected chi connectivity index (χ0v) is 53.9. The second kappa shape index (κ2) is 69.1. The standard InChI is InChI=1S/C73H143NO5/c1-3-5-7-9-11-13-15-17-19-20-21-29-32-35-38-41-45-49-53-57-61-65-71(76)70(69-75)74-72(77)66-62-58-54-50-46-42-39-36-33-30-27-25-23-22-24-26-28-31-34-37-40-44-48-52-56-60-64-68-79-73(78)67-63-59-55-51-47-43-18-16-14-12-10-8-6-4-2/h22-23,70-71,75-76H,3-21,24-69H2,1-2H3,(H,74,77)/b23-22-. The first-order valence-corrected chi connectivity index (χ1v) is 36.4. The number of allylic oxidation sites excluding steroid dienone is 2. The molecule has 470 valence electrons. The lowest BCUT2D eigenvalue weighted by Crippen LogP contribution is -2.45. The van der Waals surface area contributed by atoms with E-state index in [9.17, 15) is 19.8 Å². The van der Waals surface area contributed by atoms with Gasteiger partial charge in [0.2, 0.25) is 5.91 Å². The Bertz CT molecular complexity index is 1190. The Morgan fingerprint density at radius 2 is 0.595 bits per heavy atom. The van der Waals surface area contributed by atoms with Crippen LogP contribution in [0.15, 0.2) is 12.2 Å². The molecule has 0 aliphatic heterocycles. The van der Waals surface area contributed by atoms with E-state index in [0.717, 1.165) is 38.5 Å². The molecule has 0 aliphatic rings. The first kappa shape index (κ1) is 77.6. The highest BCUT2D eigenvalue weighted by atomic mass is 16.5. The minimum absolute atomic E-state index is 0.0185. The van der Waals surface area contributed by atoms with Crippen LogP contribution in [0.4, 0.5) is 0 Å². The van der Waals surface area contributed by atoms with Crippen molar-refractivity contribution < 1.29 is 24.5 Å². The zero-order chi connectivity index (χ0) is 57.1. The van der Waals surface area contributed by atoms with E-state index in [-0.39, 0.29) is 18.5 Å². The highest BCUT2D eigenvalue weighted by Crippen LogP contribution is 2.19. The molecule has 0 aromatic heterocycles.